The van der Waals surface area contributed by atoms with E-state index in [2.05, 4.69) is 5.32 Å². The average molecular weight is 270 g/mol. The van der Waals surface area contributed by atoms with Gasteiger partial charge in [0.15, 0.2) is 0 Å². The minimum Gasteiger partial charge on any atom is -0.395 e. The molecule has 2 fully saturated rings. The lowest BCUT2D eigenvalue weighted by atomic mass is 9.67. The summed E-state index contributed by atoms with van der Waals surface area (Å²) in [5, 5.41) is 12.4. The van der Waals surface area contributed by atoms with Gasteiger partial charge in [0.2, 0.25) is 5.91 Å². The summed E-state index contributed by atoms with van der Waals surface area (Å²) >= 11 is 0. The molecule has 1 amide bonds. The molecule has 0 saturated carbocycles. The van der Waals surface area contributed by atoms with E-state index in [9.17, 15) is 14.7 Å². The van der Waals surface area contributed by atoms with Crippen molar-refractivity contribution < 1.29 is 19.4 Å². The zero-order valence-electron chi connectivity index (χ0n) is 11.5. The van der Waals surface area contributed by atoms with Crippen molar-refractivity contribution in [2.45, 2.75) is 25.0 Å². The quantitative estimate of drug-likeness (QED) is 0.607. The summed E-state index contributed by atoms with van der Waals surface area (Å²) in [6.45, 7) is 0.935. The molecule has 0 aliphatic carbocycles. The number of nitrogens with zero attached hydrogens (tertiary/aromatic N) is 1. The number of fused-ring (bicyclic) bond motifs is 2. The minimum atomic E-state index is -1.05. The number of rotatable bonds is 6. The molecule has 2 unspecified atom stereocenters. The maximum atomic E-state index is 12.3. The molecule has 0 aromatic rings. The Morgan fingerprint density at radius 1 is 1.53 bits per heavy atom. The fourth-order valence-electron chi connectivity index (χ4n) is 3.16. The molecule has 2 saturated heterocycles. The van der Waals surface area contributed by atoms with Crippen LogP contribution in [0.5, 0.6) is 0 Å². The predicted molar refractivity (Wildman–Crippen MR) is 68.5 cm³/mol. The Morgan fingerprint density at radius 2 is 2.26 bits per heavy atom. The number of carbonyl (C=O) groups is 2. The number of nitrogens with one attached hydrogen (secondary N) is 1. The molecule has 4 atom stereocenters. The summed E-state index contributed by atoms with van der Waals surface area (Å²) in [6, 6.07) is 0. The first-order valence-electron chi connectivity index (χ1n) is 6.70. The van der Waals surface area contributed by atoms with Gasteiger partial charge in [-0.25, -0.2) is 0 Å². The molecule has 0 radical (unpaired) electrons. The van der Waals surface area contributed by atoms with Crippen LogP contribution in [-0.4, -0.2) is 68.2 Å². The van der Waals surface area contributed by atoms with Crippen molar-refractivity contribution in [2.24, 2.45) is 11.3 Å². The van der Waals surface area contributed by atoms with Crippen LogP contribution in [0.3, 0.4) is 0 Å². The molecule has 2 aliphatic heterocycles. The zero-order valence-corrected chi connectivity index (χ0v) is 11.5. The highest BCUT2D eigenvalue weighted by atomic mass is 16.5. The van der Waals surface area contributed by atoms with E-state index in [1.54, 1.807) is 0 Å². The fraction of sp³-hybridized carbons (Fsp3) is 0.846. The second-order valence-corrected chi connectivity index (χ2v) is 5.70. The van der Waals surface area contributed by atoms with E-state index in [1.807, 2.05) is 19.0 Å². The number of aliphatic hydroxyl groups excluding tert-OH is 1. The van der Waals surface area contributed by atoms with Crippen LogP contribution in [0.2, 0.25) is 0 Å². The Morgan fingerprint density at radius 3 is 2.84 bits per heavy atom. The molecule has 6 heteroatoms. The van der Waals surface area contributed by atoms with Gasteiger partial charge in [0.25, 0.3) is 0 Å². The predicted octanol–water partition coefficient (Wildman–Crippen LogP) is -0.981. The standard InChI is InChI=1S/C13H22N2O4/c1-15(2)6-5-14-12(18)11-9-3-4-10(19-9)13(11,7-16)8-17/h7,9-11,17H,3-6,8H2,1-2H3,(H,14,18)/t9-,10+,11?,13?/m0/s1. The molecular weight excluding hydrogens is 248 g/mol. The lowest BCUT2D eigenvalue weighted by molar-refractivity contribution is -0.137. The van der Waals surface area contributed by atoms with Gasteiger partial charge in [-0.2, -0.15) is 0 Å². The van der Waals surface area contributed by atoms with Crippen LogP contribution in [0.1, 0.15) is 12.8 Å². The third-order valence-corrected chi connectivity index (χ3v) is 4.24. The van der Waals surface area contributed by atoms with Crippen LogP contribution in [0.15, 0.2) is 0 Å². The monoisotopic (exact) mass is 270 g/mol. The van der Waals surface area contributed by atoms with Crippen molar-refractivity contribution in [1.82, 2.24) is 10.2 Å². The number of likely N-dealkylation sites (N-methyl/N-ethyl adjacent to an activating group) is 1. The SMILES string of the molecule is CN(C)CCNC(=O)C1[C@@H]2CC[C@@H](O2)C1(C=O)CO. The molecule has 6 nitrogen and oxygen atoms in total. The molecule has 108 valence electrons. The van der Waals surface area contributed by atoms with Gasteiger partial charge in [0, 0.05) is 13.1 Å². The average Bonchev–Trinajstić information content (AvgIpc) is 2.96. The van der Waals surface area contributed by atoms with Crippen molar-refractivity contribution in [3.05, 3.63) is 0 Å². The second kappa shape index (κ2) is 5.56. The number of hydrogen-bond acceptors (Lipinski definition) is 5. The van der Waals surface area contributed by atoms with E-state index in [1.165, 1.54) is 0 Å². The van der Waals surface area contributed by atoms with Crippen LogP contribution < -0.4 is 5.32 Å². The number of carbonyl (C=O) groups excluding carboxylic acids is 2. The van der Waals surface area contributed by atoms with Gasteiger partial charge in [0.05, 0.1) is 30.1 Å². The molecule has 2 N–H and O–H groups in total. The van der Waals surface area contributed by atoms with Gasteiger partial charge < -0.3 is 24.9 Å². The van der Waals surface area contributed by atoms with Crippen LogP contribution in [-0.2, 0) is 14.3 Å². The molecule has 19 heavy (non-hydrogen) atoms. The Labute approximate surface area is 113 Å². The van der Waals surface area contributed by atoms with E-state index in [4.69, 9.17) is 4.74 Å². The van der Waals surface area contributed by atoms with Crippen LogP contribution in [0.25, 0.3) is 0 Å². The van der Waals surface area contributed by atoms with Crippen molar-refractivity contribution >= 4 is 12.2 Å². The summed E-state index contributed by atoms with van der Waals surface area (Å²) < 4.78 is 5.67. The molecule has 2 heterocycles. The van der Waals surface area contributed by atoms with Crippen LogP contribution in [0.4, 0.5) is 0 Å². The van der Waals surface area contributed by atoms with Gasteiger partial charge in [-0.15, -0.1) is 0 Å². The summed E-state index contributed by atoms with van der Waals surface area (Å²) in [5.74, 6) is -0.744. The highest BCUT2D eigenvalue weighted by Gasteiger charge is 2.62. The zero-order chi connectivity index (χ0) is 14.0. The third-order valence-electron chi connectivity index (χ3n) is 4.24. The fourth-order valence-corrected chi connectivity index (χ4v) is 3.16. The van der Waals surface area contributed by atoms with Gasteiger partial charge in [0.1, 0.15) is 6.29 Å². The van der Waals surface area contributed by atoms with Crippen LogP contribution >= 0.6 is 0 Å². The Balaban J connectivity index is 2.04. The van der Waals surface area contributed by atoms with Crippen molar-refractivity contribution in [3.63, 3.8) is 0 Å². The van der Waals surface area contributed by atoms with Crippen molar-refractivity contribution in [2.75, 3.05) is 33.8 Å². The molecule has 0 spiro atoms. The van der Waals surface area contributed by atoms with Gasteiger partial charge in [-0.3, -0.25) is 4.79 Å². The molecular formula is C13H22N2O4. The number of aldehydes is 1. The summed E-state index contributed by atoms with van der Waals surface area (Å²) in [4.78, 5) is 25.7. The molecule has 0 aromatic heterocycles. The lowest BCUT2D eigenvalue weighted by Gasteiger charge is -2.34. The van der Waals surface area contributed by atoms with E-state index in [0.29, 0.717) is 12.8 Å². The van der Waals surface area contributed by atoms with E-state index >= 15 is 0 Å². The van der Waals surface area contributed by atoms with E-state index in [0.717, 1.165) is 19.4 Å². The first-order valence-corrected chi connectivity index (χ1v) is 6.70. The minimum absolute atomic E-state index is 0.185. The summed E-state index contributed by atoms with van der Waals surface area (Å²) in [5.41, 5.74) is -1.05. The maximum absolute atomic E-state index is 12.3. The largest absolute Gasteiger partial charge is 0.395 e. The molecule has 0 aromatic carbocycles. The molecule has 2 rings (SSSR count). The summed E-state index contributed by atoms with van der Waals surface area (Å²) in [6.07, 6.45) is 1.69. The van der Waals surface area contributed by atoms with Gasteiger partial charge >= 0.3 is 0 Å². The normalized spacial score (nSPS) is 36.7. The topological polar surface area (TPSA) is 78.9 Å². The molecule has 2 aliphatic rings. The van der Waals surface area contributed by atoms with Crippen LogP contribution in [0, 0.1) is 11.3 Å². The third kappa shape index (κ3) is 2.40. The van der Waals surface area contributed by atoms with Crippen molar-refractivity contribution in [1.29, 1.82) is 0 Å². The van der Waals surface area contributed by atoms with E-state index in [-0.39, 0.29) is 24.7 Å². The first-order chi connectivity index (χ1) is 9.05. The lowest BCUT2D eigenvalue weighted by Crippen LogP contribution is -2.52. The summed E-state index contributed by atoms with van der Waals surface area (Å²) in [7, 11) is 3.85. The number of amides is 1. The Bertz CT molecular complexity index is 361. The second-order valence-electron chi connectivity index (χ2n) is 5.70. The number of hydrogen-bond donors (Lipinski definition) is 2. The number of aliphatic hydroxyl groups is 1. The smallest absolute Gasteiger partial charge is 0.226 e. The van der Waals surface area contributed by atoms with Gasteiger partial charge in [-0.05, 0) is 26.9 Å². The highest BCUT2D eigenvalue weighted by Crippen LogP contribution is 2.50. The Kier molecular flexibility index (Phi) is 4.23. The molecule has 2 bridgehead atoms. The van der Waals surface area contributed by atoms with Crippen molar-refractivity contribution in [3.8, 4) is 0 Å². The van der Waals surface area contributed by atoms with Gasteiger partial charge in [-0.1, -0.05) is 0 Å². The highest BCUT2D eigenvalue weighted by molar-refractivity contribution is 5.85. The maximum Gasteiger partial charge on any atom is 0.226 e. The van der Waals surface area contributed by atoms with E-state index < -0.39 is 11.3 Å². The Hall–Kier alpha value is -0.980. The number of ether oxygens (including phenoxy) is 1. The first kappa shape index (κ1) is 14.4.